The van der Waals surface area contributed by atoms with Crippen LogP contribution in [0.2, 0.25) is 25.7 Å². The molecule has 6 aromatic carbocycles. The summed E-state index contributed by atoms with van der Waals surface area (Å²) >= 11 is 0. The van der Waals surface area contributed by atoms with Crippen LogP contribution >= 0.6 is 0 Å². The molecular formula is C64H52N14O3Si. The Morgan fingerprint density at radius 1 is 0.524 bits per heavy atom. The van der Waals surface area contributed by atoms with E-state index in [0.29, 0.717) is 47.5 Å². The number of anilines is 2. The number of H-pyrrole nitrogens is 3. The number of hydrogen-bond donors (Lipinski definition) is 5. The third-order valence-electron chi connectivity index (χ3n) is 14.3. The number of carbonyl (C=O) groups excluding carboxylic acids is 2. The van der Waals surface area contributed by atoms with E-state index in [9.17, 15) is 9.59 Å². The minimum absolute atomic E-state index is 0.221. The van der Waals surface area contributed by atoms with Crippen LogP contribution in [-0.4, -0.2) is 86.3 Å². The predicted octanol–water partition coefficient (Wildman–Crippen LogP) is 13.7. The molecule has 0 spiro atoms. The predicted molar refractivity (Wildman–Crippen MR) is 326 cm³/mol. The van der Waals surface area contributed by atoms with E-state index >= 15 is 0 Å². The van der Waals surface area contributed by atoms with Gasteiger partial charge < -0.3 is 25.3 Å². The molecule has 17 nitrogen and oxygen atoms in total. The summed E-state index contributed by atoms with van der Waals surface area (Å²) in [4.78, 5) is 59.3. The van der Waals surface area contributed by atoms with Gasteiger partial charge in [-0.1, -0.05) is 80.3 Å². The number of para-hydroxylation sites is 4. The minimum Gasteiger partial charge on any atom is -0.360 e. The molecule has 0 saturated carbocycles. The van der Waals surface area contributed by atoms with Crippen molar-refractivity contribution in [1.82, 2.24) is 59.8 Å². The Balaban J connectivity index is 0.000000157. The third-order valence-corrected chi connectivity index (χ3v) is 16.0. The minimum atomic E-state index is -1.22. The summed E-state index contributed by atoms with van der Waals surface area (Å²) in [6, 6.07) is 48.1. The number of ether oxygens (including phenoxy) is 1. The summed E-state index contributed by atoms with van der Waals surface area (Å²) in [5, 5.41) is 24.3. The molecule has 14 rings (SSSR count). The normalized spacial score (nSPS) is 11.6. The number of fused-ring (bicyclic) bond motifs is 6. The van der Waals surface area contributed by atoms with E-state index in [2.05, 4.69) is 94.6 Å². The molecule has 14 aromatic rings. The number of pyridine rings is 4. The molecule has 0 bridgehead atoms. The Hall–Kier alpha value is -10.6. The Bertz CT molecular complexity index is 4640. The van der Waals surface area contributed by atoms with Crippen LogP contribution in [-0.2, 0) is 11.5 Å². The first-order chi connectivity index (χ1) is 40.1. The van der Waals surface area contributed by atoms with Crippen LogP contribution in [0, 0.1) is 0 Å². The van der Waals surface area contributed by atoms with Gasteiger partial charge >= 0.3 is 0 Å². The van der Waals surface area contributed by atoms with Crippen LogP contribution in [0.5, 0.6) is 0 Å². The molecule has 0 aliphatic rings. The number of nitrogens with zero attached hydrogens (tertiary/aromatic N) is 9. The Labute approximate surface area is 470 Å². The lowest BCUT2D eigenvalue weighted by molar-refractivity contribution is 0.0818. The number of hydrogen-bond acceptors (Lipinski definition) is 11. The van der Waals surface area contributed by atoms with Gasteiger partial charge in [0.2, 0.25) is 0 Å². The number of benzene rings is 6. The van der Waals surface area contributed by atoms with E-state index in [1.54, 1.807) is 61.4 Å². The maximum atomic E-state index is 12.9. The largest absolute Gasteiger partial charge is 0.360 e. The first kappa shape index (κ1) is 50.9. The summed E-state index contributed by atoms with van der Waals surface area (Å²) in [6.07, 6.45) is 13.6. The number of carbonyl (C=O) groups is 2. The highest BCUT2D eigenvalue weighted by Gasteiger charge is 2.21. The third kappa shape index (κ3) is 10.2. The molecule has 0 radical (unpaired) electrons. The molecule has 18 heteroatoms. The molecule has 8 aromatic heterocycles. The van der Waals surface area contributed by atoms with Gasteiger partial charge in [0.1, 0.15) is 18.1 Å². The van der Waals surface area contributed by atoms with Crippen molar-refractivity contribution in [3.05, 3.63) is 206 Å². The zero-order valence-corrected chi connectivity index (χ0v) is 45.8. The molecule has 0 fully saturated rings. The molecular weight excluding hydrogens is 1040 g/mol. The molecule has 0 unspecified atom stereocenters. The van der Waals surface area contributed by atoms with E-state index in [4.69, 9.17) is 19.8 Å². The summed E-state index contributed by atoms with van der Waals surface area (Å²) in [5.74, 6) is 0.968. The zero-order chi connectivity index (χ0) is 55.7. The Kier molecular flexibility index (Phi) is 13.4. The molecule has 2 amide bonds. The molecule has 5 N–H and O–H groups in total. The highest BCUT2D eigenvalue weighted by molar-refractivity contribution is 6.76. The number of aromatic nitrogens is 12. The second-order valence-electron chi connectivity index (χ2n) is 21.0. The molecule has 0 aliphatic heterocycles. The van der Waals surface area contributed by atoms with Crippen molar-refractivity contribution in [3.63, 3.8) is 0 Å². The van der Waals surface area contributed by atoms with Crippen LogP contribution < -0.4 is 10.6 Å². The monoisotopic (exact) mass is 1090 g/mol. The lowest BCUT2D eigenvalue weighted by Crippen LogP contribution is -2.22. The quantitative estimate of drug-likeness (QED) is 0.0539. The standard InChI is InChI=1S/C35H33N7O2Si.C29H19N7O/c1-45(2,3)17-16-44-22-42-32-14-13-23(18-26(32)33(41-42)34-38-30-10-4-5-11-31(30)39-34)27-20-37-21-28-25(27)9-6-12-29(28)40-35(43)24-8-7-15-36-19-24;37-29(18-5-4-12-30-14-18)34-23-9-3-6-19-21(15-31-16-22(19)23)17-10-11-24-20(13-17)27(36-35-24)28-32-25-7-1-2-8-26(25)33-28/h4-15,18-21H,16-17,22H2,1-3H3,(H,38,39)(H,40,43);1-16H,(H,32,33)(H,34,37)(H,35,36). The molecule has 8 heterocycles. The maximum Gasteiger partial charge on any atom is 0.257 e. The zero-order valence-electron chi connectivity index (χ0n) is 44.8. The van der Waals surface area contributed by atoms with Crippen molar-refractivity contribution in [2.45, 2.75) is 32.4 Å². The fourth-order valence-corrected chi connectivity index (χ4v) is 10.8. The number of imidazole rings is 2. The lowest BCUT2D eigenvalue weighted by Gasteiger charge is -2.15. The Morgan fingerprint density at radius 2 is 1.09 bits per heavy atom. The van der Waals surface area contributed by atoms with Crippen LogP contribution in [0.1, 0.15) is 20.7 Å². The van der Waals surface area contributed by atoms with E-state index in [0.717, 1.165) is 105 Å². The van der Waals surface area contributed by atoms with Crippen LogP contribution in [0.4, 0.5) is 11.4 Å². The van der Waals surface area contributed by atoms with Gasteiger partial charge in [0.25, 0.3) is 11.8 Å². The van der Waals surface area contributed by atoms with Gasteiger partial charge in [0.05, 0.1) is 55.6 Å². The second kappa shape index (κ2) is 21.6. The van der Waals surface area contributed by atoms with Crippen molar-refractivity contribution >= 4 is 96.7 Å². The average molecular weight is 1090 g/mol. The van der Waals surface area contributed by atoms with Gasteiger partial charge in [0.15, 0.2) is 11.6 Å². The van der Waals surface area contributed by atoms with Gasteiger partial charge in [-0.25, -0.2) is 14.6 Å². The van der Waals surface area contributed by atoms with Gasteiger partial charge in [-0.15, -0.1) is 0 Å². The number of rotatable bonds is 13. The fraction of sp³-hybridized carbons (Fsp3) is 0.0938. The maximum absolute atomic E-state index is 12.9. The van der Waals surface area contributed by atoms with Crippen LogP contribution in [0.3, 0.4) is 0 Å². The van der Waals surface area contributed by atoms with Gasteiger partial charge in [-0.05, 0) is 113 Å². The van der Waals surface area contributed by atoms with Crippen molar-refractivity contribution in [2.24, 2.45) is 0 Å². The van der Waals surface area contributed by atoms with E-state index < -0.39 is 8.07 Å². The van der Waals surface area contributed by atoms with Gasteiger partial charge in [-0.2, -0.15) is 10.2 Å². The van der Waals surface area contributed by atoms with Crippen molar-refractivity contribution in [1.29, 1.82) is 0 Å². The van der Waals surface area contributed by atoms with Crippen molar-refractivity contribution in [2.75, 3.05) is 17.2 Å². The average Bonchev–Trinajstić information content (AvgIpc) is 4.40. The van der Waals surface area contributed by atoms with Gasteiger partial charge in [0, 0.05) is 96.9 Å². The first-order valence-corrected chi connectivity index (χ1v) is 30.4. The molecule has 0 aliphatic carbocycles. The summed E-state index contributed by atoms with van der Waals surface area (Å²) in [5.41, 5.74) is 13.3. The van der Waals surface area contributed by atoms with Crippen molar-refractivity contribution < 1.29 is 14.3 Å². The van der Waals surface area contributed by atoms with Crippen LogP contribution in [0.25, 0.3) is 111 Å². The SMILES string of the molecule is C[Si](C)(C)CCOCn1nc(-c2nc3ccccc3[nH]2)c2cc(-c3cncc4c(NC(=O)c5cccnc5)cccc34)ccc21.O=C(Nc1cccc2c(-c3ccc4[nH]nc(-c5nc6ccccc6[nH]5)c4c3)cncc12)c1cccnc1. The van der Waals surface area contributed by atoms with E-state index in [1.165, 1.54) is 0 Å². The molecule has 0 atom stereocenters. The van der Waals surface area contributed by atoms with Gasteiger partial charge in [-0.3, -0.25) is 34.6 Å². The van der Waals surface area contributed by atoms with E-state index in [-0.39, 0.29) is 11.8 Å². The highest BCUT2D eigenvalue weighted by Crippen LogP contribution is 2.38. The smallest absolute Gasteiger partial charge is 0.257 e. The topological polar surface area (TPSA) is 223 Å². The molecule has 0 saturated heterocycles. The van der Waals surface area contributed by atoms with E-state index in [1.807, 2.05) is 114 Å². The number of aromatic amines is 3. The summed E-state index contributed by atoms with van der Waals surface area (Å²) in [7, 11) is -1.22. The van der Waals surface area contributed by atoms with Crippen LogP contribution in [0.15, 0.2) is 195 Å². The highest BCUT2D eigenvalue weighted by atomic mass is 28.3. The Morgan fingerprint density at radius 3 is 1.65 bits per heavy atom. The van der Waals surface area contributed by atoms with Crippen molar-refractivity contribution in [3.8, 4) is 45.3 Å². The molecule has 400 valence electrons. The lowest BCUT2D eigenvalue weighted by atomic mass is 9.98. The number of amides is 2. The fourth-order valence-electron chi connectivity index (χ4n) is 10.1. The summed E-state index contributed by atoms with van der Waals surface area (Å²) < 4.78 is 8.03. The first-order valence-electron chi connectivity index (χ1n) is 26.7. The second-order valence-corrected chi connectivity index (χ2v) is 26.7. The molecule has 82 heavy (non-hydrogen) atoms. The number of nitrogens with one attached hydrogen (secondary N) is 5. The summed E-state index contributed by atoms with van der Waals surface area (Å²) in [6.45, 7) is 8.11.